The second-order valence-corrected chi connectivity index (χ2v) is 9.34. The number of carbonyl (C=O) groups excluding carboxylic acids is 1. The highest BCUT2D eigenvalue weighted by atomic mass is 32.2. The van der Waals surface area contributed by atoms with Gasteiger partial charge in [0.05, 0.1) is 19.0 Å². The zero-order valence-corrected chi connectivity index (χ0v) is 17.7. The van der Waals surface area contributed by atoms with Crippen molar-refractivity contribution < 1.29 is 17.9 Å². The number of rotatable bonds is 9. The first-order valence-electron chi connectivity index (χ1n) is 9.64. The van der Waals surface area contributed by atoms with E-state index >= 15 is 0 Å². The minimum Gasteiger partial charge on any atom is -0.372 e. The summed E-state index contributed by atoms with van der Waals surface area (Å²) >= 11 is 0. The van der Waals surface area contributed by atoms with Crippen molar-refractivity contribution in [3.63, 3.8) is 0 Å². The van der Waals surface area contributed by atoms with Crippen molar-refractivity contribution in [2.75, 3.05) is 6.26 Å². The number of benzene rings is 3. The fourth-order valence-electron chi connectivity index (χ4n) is 3.11. The van der Waals surface area contributed by atoms with E-state index in [0.29, 0.717) is 30.9 Å². The summed E-state index contributed by atoms with van der Waals surface area (Å²) < 4.78 is 28.8. The molecule has 30 heavy (non-hydrogen) atoms. The summed E-state index contributed by atoms with van der Waals surface area (Å²) in [6, 6.07) is 24.5. The Balaban J connectivity index is 1.59. The molecule has 0 aliphatic heterocycles. The highest BCUT2D eigenvalue weighted by Crippen LogP contribution is 2.13. The Morgan fingerprint density at radius 1 is 0.833 bits per heavy atom. The van der Waals surface area contributed by atoms with Crippen LogP contribution in [0.25, 0.3) is 0 Å². The lowest BCUT2D eigenvalue weighted by atomic mass is 10.1. The first-order valence-corrected chi connectivity index (χ1v) is 11.7. The normalized spacial score (nSPS) is 11.2. The number of sulfone groups is 1. The molecule has 3 rings (SSSR count). The van der Waals surface area contributed by atoms with Crippen LogP contribution in [0, 0.1) is 0 Å². The first kappa shape index (κ1) is 21.7. The molecule has 156 valence electrons. The predicted molar refractivity (Wildman–Crippen MR) is 118 cm³/mol. The van der Waals surface area contributed by atoms with E-state index in [1.54, 1.807) is 24.3 Å². The smallest absolute Gasteiger partial charge is 0.251 e. The number of hydrogen-bond donors (Lipinski definition) is 1. The van der Waals surface area contributed by atoms with Gasteiger partial charge < -0.3 is 10.1 Å². The van der Waals surface area contributed by atoms with Gasteiger partial charge in [-0.25, -0.2) is 8.42 Å². The summed E-state index contributed by atoms with van der Waals surface area (Å²) in [4.78, 5) is 12.6. The van der Waals surface area contributed by atoms with Crippen LogP contribution in [0.15, 0.2) is 78.9 Å². The molecule has 0 radical (unpaired) electrons. The van der Waals surface area contributed by atoms with Gasteiger partial charge >= 0.3 is 0 Å². The fraction of sp³-hybridized carbons (Fsp3) is 0.208. The highest BCUT2D eigenvalue weighted by molar-refractivity contribution is 7.89. The van der Waals surface area contributed by atoms with Crippen LogP contribution in [0.2, 0.25) is 0 Å². The average Bonchev–Trinajstić information content (AvgIpc) is 2.72. The quantitative estimate of drug-likeness (QED) is 0.567. The minimum absolute atomic E-state index is 0.0876. The molecule has 3 aromatic rings. The van der Waals surface area contributed by atoms with Crippen molar-refractivity contribution >= 4 is 15.7 Å². The largest absolute Gasteiger partial charge is 0.372 e. The molecule has 0 saturated carbocycles. The van der Waals surface area contributed by atoms with Crippen LogP contribution in [0.1, 0.15) is 32.6 Å². The average molecular weight is 424 g/mol. The minimum atomic E-state index is -3.16. The van der Waals surface area contributed by atoms with E-state index in [2.05, 4.69) is 5.32 Å². The fourth-order valence-corrected chi connectivity index (χ4v) is 3.89. The van der Waals surface area contributed by atoms with Gasteiger partial charge in [0, 0.05) is 18.4 Å². The van der Waals surface area contributed by atoms with Crippen LogP contribution in [0.5, 0.6) is 0 Å². The summed E-state index contributed by atoms with van der Waals surface area (Å²) in [5.41, 5.74) is 4.14. The van der Waals surface area contributed by atoms with Gasteiger partial charge in [-0.05, 0) is 34.4 Å². The van der Waals surface area contributed by atoms with E-state index in [4.69, 9.17) is 4.74 Å². The Bertz CT molecular complexity index is 1090. The third kappa shape index (κ3) is 6.83. The maximum Gasteiger partial charge on any atom is 0.251 e. The zero-order valence-electron chi connectivity index (χ0n) is 16.9. The summed E-state index contributed by atoms with van der Waals surface area (Å²) in [7, 11) is -3.16. The molecule has 0 fully saturated rings. The van der Waals surface area contributed by atoms with Gasteiger partial charge in [-0.15, -0.1) is 0 Å². The van der Waals surface area contributed by atoms with Gasteiger partial charge in [-0.3, -0.25) is 4.79 Å². The molecule has 0 unspecified atom stereocenters. The van der Waals surface area contributed by atoms with E-state index in [1.165, 1.54) is 6.26 Å². The molecule has 0 aliphatic rings. The number of hydrogen-bond acceptors (Lipinski definition) is 4. The van der Waals surface area contributed by atoms with Crippen molar-refractivity contribution in [1.82, 2.24) is 5.32 Å². The van der Waals surface area contributed by atoms with Crippen LogP contribution in [-0.2, 0) is 40.1 Å². The summed E-state index contributed by atoms with van der Waals surface area (Å²) in [6.07, 6.45) is 1.18. The molecular formula is C24H25NO4S. The number of nitrogens with one attached hydrogen (secondary N) is 1. The van der Waals surface area contributed by atoms with Crippen LogP contribution >= 0.6 is 0 Å². The van der Waals surface area contributed by atoms with Gasteiger partial charge in [-0.2, -0.15) is 0 Å². The van der Waals surface area contributed by atoms with Gasteiger partial charge in [0.2, 0.25) is 0 Å². The Hall–Kier alpha value is -2.96. The molecule has 0 aliphatic carbocycles. The second kappa shape index (κ2) is 10.2. The SMILES string of the molecule is CS(=O)(=O)Cc1cccc(C(=O)NCc2ccccc2COCc2ccccc2)c1. The van der Waals surface area contributed by atoms with E-state index in [9.17, 15) is 13.2 Å². The molecule has 0 atom stereocenters. The molecule has 0 heterocycles. The third-order valence-corrected chi connectivity index (χ3v) is 5.40. The van der Waals surface area contributed by atoms with Crippen molar-refractivity contribution in [3.05, 3.63) is 107 Å². The number of amides is 1. The van der Waals surface area contributed by atoms with Crippen molar-refractivity contribution in [2.24, 2.45) is 0 Å². The molecule has 0 spiro atoms. The Kier molecular flexibility index (Phi) is 7.38. The van der Waals surface area contributed by atoms with Gasteiger partial charge in [0.1, 0.15) is 0 Å². The molecule has 0 saturated heterocycles. The van der Waals surface area contributed by atoms with E-state index in [1.807, 2.05) is 54.6 Å². The molecular weight excluding hydrogens is 398 g/mol. The standard InChI is InChI=1S/C24H25NO4S/c1-30(27,28)18-20-10-7-13-21(14-20)24(26)25-15-22-11-5-6-12-23(22)17-29-16-19-8-3-2-4-9-19/h2-14H,15-18H2,1H3,(H,25,26). The lowest BCUT2D eigenvalue weighted by molar-refractivity contribution is 0.0947. The van der Waals surface area contributed by atoms with Gasteiger partial charge in [0.15, 0.2) is 9.84 Å². The van der Waals surface area contributed by atoms with E-state index in [0.717, 1.165) is 16.7 Å². The van der Waals surface area contributed by atoms with E-state index in [-0.39, 0.29) is 11.7 Å². The molecule has 5 nitrogen and oxygen atoms in total. The lowest BCUT2D eigenvalue weighted by Gasteiger charge is -2.12. The topological polar surface area (TPSA) is 72.5 Å². The molecule has 1 amide bonds. The molecule has 0 bridgehead atoms. The van der Waals surface area contributed by atoms with Crippen LogP contribution in [-0.4, -0.2) is 20.6 Å². The van der Waals surface area contributed by atoms with Gasteiger partial charge in [-0.1, -0.05) is 66.7 Å². The first-order chi connectivity index (χ1) is 14.4. The highest BCUT2D eigenvalue weighted by Gasteiger charge is 2.10. The third-order valence-electron chi connectivity index (χ3n) is 4.54. The molecule has 0 aromatic heterocycles. The van der Waals surface area contributed by atoms with Crippen LogP contribution in [0.4, 0.5) is 0 Å². The zero-order chi connectivity index (χ0) is 21.4. The van der Waals surface area contributed by atoms with Gasteiger partial charge in [0.25, 0.3) is 5.91 Å². The maximum absolute atomic E-state index is 12.6. The van der Waals surface area contributed by atoms with E-state index < -0.39 is 9.84 Å². The Morgan fingerprint density at radius 3 is 2.23 bits per heavy atom. The molecule has 3 aromatic carbocycles. The Morgan fingerprint density at radius 2 is 1.50 bits per heavy atom. The van der Waals surface area contributed by atoms with Crippen LogP contribution in [0.3, 0.4) is 0 Å². The predicted octanol–water partition coefficient (Wildman–Crippen LogP) is 3.88. The summed E-state index contributed by atoms with van der Waals surface area (Å²) in [5, 5.41) is 2.91. The number of ether oxygens (including phenoxy) is 1. The van der Waals surface area contributed by atoms with Crippen LogP contribution < -0.4 is 5.32 Å². The second-order valence-electron chi connectivity index (χ2n) is 7.20. The lowest BCUT2D eigenvalue weighted by Crippen LogP contribution is -2.23. The van der Waals surface area contributed by atoms with Crippen molar-refractivity contribution in [1.29, 1.82) is 0 Å². The van der Waals surface area contributed by atoms with Crippen molar-refractivity contribution in [2.45, 2.75) is 25.5 Å². The van der Waals surface area contributed by atoms with Crippen molar-refractivity contribution in [3.8, 4) is 0 Å². The monoisotopic (exact) mass is 423 g/mol. The molecule has 1 N–H and O–H groups in total. The maximum atomic E-state index is 12.6. The summed E-state index contributed by atoms with van der Waals surface area (Å²) in [5.74, 6) is -0.333. The Labute approximate surface area is 177 Å². The summed E-state index contributed by atoms with van der Waals surface area (Å²) in [6.45, 7) is 1.33. The molecule has 6 heteroatoms. The number of carbonyl (C=O) groups is 1.